The molecule has 2 aromatic carbocycles. The summed E-state index contributed by atoms with van der Waals surface area (Å²) in [6.07, 6.45) is -1.20. The smallest absolute Gasteiger partial charge is 0.307 e. The minimum Gasteiger partial charge on any atom is -0.307 e. The first kappa shape index (κ1) is 19.5. The van der Waals surface area contributed by atoms with Crippen molar-refractivity contribution in [1.29, 1.82) is 0 Å². The van der Waals surface area contributed by atoms with Crippen molar-refractivity contribution >= 4 is 29.0 Å². The molecular weight excluding hydrogens is 393 g/mol. The minimum absolute atomic E-state index is 0.0389. The first-order valence-corrected chi connectivity index (χ1v) is 8.41. The van der Waals surface area contributed by atoms with Gasteiger partial charge in [-0.3, -0.25) is 15.8 Å². The van der Waals surface area contributed by atoms with Crippen LogP contribution in [0.1, 0.15) is 5.56 Å². The Hall–Kier alpha value is -3.26. The van der Waals surface area contributed by atoms with Crippen molar-refractivity contribution in [1.82, 2.24) is 10.4 Å². The van der Waals surface area contributed by atoms with Crippen molar-refractivity contribution < 1.29 is 18.0 Å². The van der Waals surface area contributed by atoms with Crippen LogP contribution in [0.4, 0.5) is 29.3 Å². The van der Waals surface area contributed by atoms with Gasteiger partial charge in [0.05, 0.1) is 16.3 Å². The average molecular weight is 407 g/mol. The van der Waals surface area contributed by atoms with Gasteiger partial charge in [0.25, 0.3) is 0 Å². The Morgan fingerprint density at radius 2 is 1.68 bits per heavy atom. The number of carbonyl (C=O) groups is 1. The number of benzene rings is 2. The summed E-state index contributed by atoms with van der Waals surface area (Å²) in [5, 5.41) is 1.87. The number of pyridine rings is 1. The average Bonchev–Trinajstić information content (AvgIpc) is 2.68. The molecule has 0 fully saturated rings. The molecule has 3 rings (SSSR count). The van der Waals surface area contributed by atoms with Gasteiger partial charge >= 0.3 is 12.2 Å². The van der Waals surface area contributed by atoms with E-state index in [-0.39, 0.29) is 5.69 Å². The van der Waals surface area contributed by atoms with E-state index in [0.29, 0.717) is 5.69 Å². The molecule has 0 aliphatic rings. The van der Waals surface area contributed by atoms with Crippen LogP contribution in [0.25, 0.3) is 11.1 Å². The van der Waals surface area contributed by atoms with Crippen molar-refractivity contribution in [3.05, 3.63) is 77.6 Å². The highest BCUT2D eigenvalue weighted by atomic mass is 35.5. The lowest BCUT2D eigenvalue weighted by Crippen LogP contribution is -2.33. The van der Waals surface area contributed by atoms with E-state index in [1.54, 1.807) is 24.5 Å². The lowest BCUT2D eigenvalue weighted by molar-refractivity contribution is -0.137. The summed E-state index contributed by atoms with van der Waals surface area (Å²) in [7, 11) is 0. The molecule has 2 amide bonds. The number of anilines is 2. The number of aromatic nitrogens is 1. The quantitative estimate of drug-likeness (QED) is 0.496. The van der Waals surface area contributed by atoms with Crippen LogP contribution in [0.2, 0.25) is 5.02 Å². The van der Waals surface area contributed by atoms with Gasteiger partial charge in [0, 0.05) is 18.1 Å². The number of hydrogen-bond acceptors (Lipinski definition) is 3. The summed E-state index contributed by atoms with van der Waals surface area (Å²) in [6.45, 7) is 0. The maximum atomic E-state index is 12.9. The van der Waals surface area contributed by atoms with Crippen molar-refractivity contribution in [3.8, 4) is 11.1 Å². The Bertz CT molecular complexity index is 963. The van der Waals surface area contributed by atoms with Crippen LogP contribution in [0.5, 0.6) is 0 Å². The SMILES string of the molecule is O=C(NNc1ccc(-c2cccnc2)cc1)Nc1ccc(Cl)c(C(F)(F)F)c1. The first-order valence-electron chi connectivity index (χ1n) is 8.03. The van der Waals surface area contributed by atoms with Gasteiger partial charge in [0.15, 0.2) is 0 Å². The second-order valence-electron chi connectivity index (χ2n) is 5.72. The van der Waals surface area contributed by atoms with E-state index in [9.17, 15) is 18.0 Å². The van der Waals surface area contributed by atoms with Crippen molar-refractivity contribution in [2.75, 3.05) is 10.7 Å². The fourth-order valence-electron chi connectivity index (χ4n) is 2.39. The number of nitrogens with zero attached hydrogens (tertiary/aromatic N) is 1. The molecule has 0 aliphatic heterocycles. The molecule has 9 heteroatoms. The molecule has 0 saturated carbocycles. The topological polar surface area (TPSA) is 66.0 Å². The van der Waals surface area contributed by atoms with Crippen molar-refractivity contribution in [2.45, 2.75) is 6.18 Å². The third kappa shape index (κ3) is 4.92. The second-order valence-corrected chi connectivity index (χ2v) is 6.12. The lowest BCUT2D eigenvalue weighted by Gasteiger charge is -2.13. The van der Waals surface area contributed by atoms with Crippen LogP contribution < -0.4 is 16.2 Å². The predicted octanol–water partition coefficient (Wildman–Crippen LogP) is 5.57. The summed E-state index contributed by atoms with van der Waals surface area (Å²) in [4.78, 5) is 16.0. The standard InChI is InChI=1S/C19H14ClF3N4O/c20-17-8-7-15(10-16(17)19(21,22)23)25-18(28)27-26-14-5-3-12(4-6-14)13-2-1-9-24-11-13/h1-11,26H,(H2,25,27,28). The fraction of sp³-hybridized carbons (Fsp3) is 0.0526. The molecule has 0 spiro atoms. The zero-order valence-electron chi connectivity index (χ0n) is 14.2. The molecule has 0 unspecified atom stereocenters. The Balaban J connectivity index is 1.59. The van der Waals surface area contributed by atoms with Crippen LogP contribution in [0.15, 0.2) is 67.0 Å². The molecular formula is C19H14ClF3N4O. The summed E-state index contributed by atoms with van der Waals surface area (Å²) in [6, 6.07) is 13.3. The molecule has 5 nitrogen and oxygen atoms in total. The molecule has 3 N–H and O–H groups in total. The Labute approximate surface area is 163 Å². The number of amides is 2. The summed E-state index contributed by atoms with van der Waals surface area (Å²) in [5.74, 6) is 0. The maximum absolute atomic E-state index is 12.9. The monoisotopic (exact) mass is 406 g/mol. The number of urea groups is 1. The maximum Gasteiger partial charge on any atom is 0.417 e. The molecule has 28 heavy (non-hydrogen) atoms. The van der Waals surface area contributed by atoms with Gasteiger partial charge in [-0.1, -0.05) is 29.8 Å². The molecule has 3 aromatic rings. The number of rotatable bonds is 4. The van der Waals surface area contributed by atoms with Gasteiger partial charge in [-0.05, 0) is 47.5 Å². The summed E-state index contributed by atoms with van der Waals surface area (Å²) >= 11 is 5.55. The van der Waals surface area contributed by atoms with E-state index in [0.717, 1.165) is 23.3 Å². The number of alkyl halides is 3. The van der Waals surface area contributed by atoms with Crippen LogP contribution in [-0.2, 0) is 6.18 Å². The van der Waals surface area contributed by atoms with Crippen LogP contribution in [0.3, 0.4) is 0 Å². The number of hydrogen-bond donors (Lipinski definition) is 3. The minimum atomic E-state index is -4.61. The third-order valence-electron chi connectivity index (χ3n) is 3.73. The molecule has 144 valence electrons. The molecule has 0 aliphatic carbocycles. The van der Waals surface area contributed by atoms with Crippen LogP contribution >= 0.6 is 11.6 Å². The highest BCUT2D eigenvalue weighted by Gasteiger charge is 2.33. The molecule has 1 heterocycles. The number of halogens is 4. The van der Waals surface area contributed by atoms with Gasteiger partial charge < -0.3 is 5.32 Å². The van der Waals surface area contributed by atoms with Crippen LogP contribution in [0, 0.1) is 0 Å². The van der Waals surface area contributed by atoms with E-state index < -0.39 is 22.8 Å². The van der Waals surface area contributed by atoms with E-state index in [1.165, 1.54) is 6.07 Å². The summed E-state index contributed by atoms with van der Waals surface area (Å²) < 4.78 is 38.6. The third-order valence-corrected chi connectivity index (χ3v) is 4.06. The van der Waals surface area contributed by atoms with E-state index in [1.807, 2.05) is 24.3 Å². The van der Waals surface area contributed by atoms with Gasteiger partial charge in [-0.2, -0.15) is 13.2 Å². The molecule has 0 bridgehead atoms. The van der Waals surface area contributed by atoms with Gasteiger partial charge in [-0.15, -0.1) is 0 Å². The largest absolute Gasteiger partial charge is 0.417 e. The molecule has 0 atom stereocenters. The first-order chi connectivity index (χ1) is 13.3. The molecule has 1 aromatic heterocycles. The van der Waals surface area contributed by atoms with Crippen molar-refractivity contribution in [3.63, 3.8) is 0 Å². The zero-order chi connectivity index (χ0) is 20.1. The number of hydrazine groups is 1. The zero-order valence-corrected chi connectivity index (χ0v) is 15.0. The van der Waals surface area contributed by atoms with Gasteiger partial charge in [0.1, 0.15) is 0 Å². The normalized spacial score (nSPS) is 11.0. The van der Waals surface area contributed by atoms with Gasteiger partial charge in [-0.25, -0.2) is 4.79 Å². The number of carbonyl (C=O) groups excluding carboxylic acids is 1. The van der Waals surface area contributed by atoms with Gasteiger partial charge in [0.2, 0.25) is 0 Å². The Morgan fingerprint density at radius 1 is 0.964 bits per heavy atom. The highest BCUT2D eigenvalue weighted by Crippen LogP contribution is 2.36. The van der Waals surface area contributed by atoms with E-state index in [2.05, 4.69) is 21.2 Å². The summed E-state index contributed by atoms with van der Waals surface area (Å²) in [5.41, 5.74) is 6.45. The van der Waals surface area contributed by atoms with Crippen LogP contribution in [-0.4, -0.2) is 11.0 Å². The highest BCUT2D eigenvalue weighted by molar-refractivity contribution is 6.31. The van der Waals surface area contributed by atoms with E-state index in [4.69, 9.17) is 11.6 Å². The molecule has 0 saturated heterocycles. The Morgan fingerprint density at radius 3 is 2.32 bits per heavy atom. The Kier molecular flexibility index (Phi) is 5.70. The predicted molar refractivity (Wildman–Crippen MR) is 102 cm³/mol. The van der Waals surface area contributed by atoms with E-state index >= 15 is 0 Å². The molecule has 0 radical (unpaired) electrons. The number of nitrogens with one attached hydrogen (secondary N) is 3. The van der Waals surface area contributed by atoms with Crippen molar-refractivity contribution in [2.24, 2.45) is 0 Å². The second kappa shape index (κ2) is 8.18. The fourth-order valence-corrected chi connectivity index (χ4v) is 2.62. The lowest BCUT2D eigenvalue weighted by atomic mass is 10.1.